The first-order valence-electron chi connectivity index (χ1n) is 6.24. The van der Waals surface area contributed by atoms with Crippen LogP contribution < -0.4 is 15.8 Å². The predicted octanol–water partition coefficient (Wildman–Crippen LogP) is 3.04. The van der Waals surface area contributed by atoms with Crippen LogP contribution in [0, 0.1) is 0 Å². The number of hydrogen-bond donors (Lipinski definition) is 2. The summed E-state index contributed by atoms with van der Waals surface area (Å²) in [6.07, 6.45) is -2.39. The highest BCUT2D eigenvalue weighted by Crippen LogP contribution is 2.23. The molecular weight excluding hydrogens is 273 g/mol. The van der Waals surface area contributed by atoms with Gasteiger partial charge in [-0.2, -0.15) is 0 Å². The van der Waals surface area contributed by atoms with E-state index in [9.17, 15) is 18.0 Å². The van der Waals surface area contributed by atoms with E-state index in [1.165, 1.54) is 12.1 Å². The van der Waals surface area contributed by atoms with E-state index < -0.39 is 12.4 Å². The molecule has 0 saturated carbocycles. The van der Waals surface area contributed by atoms with E-state index in [0.29, 0.717) is 12.1 Å². The monoisotopic (exact) mass is 290 g/mol. The van der Waals surface area contributed by atoms with Gasteiger partial charge in [0.25, 0.3) is 0 Å². The topological polar surface area (TPSA) is 64.4 Å². The average Bonchev–Trinajstić information content (AvgIpc) is 2.36. The van der Waals surface area contributed by atoms with Gasteiger partial charge in [0.2, 0.25) is 5.91 Å². The standard InChI is InChI=1S/C13H17F3N2O2/c1-2-3-4-11(17)12(19)18-9-5-7-10(8-6-9)20-13(14,15)16/h5-8,11H,2-4,17H2,1H3,(H,18,19). The van der Waals surface area contributed by atoms with Crippen LogP contribution >= 0.6 is 0 Å². The Bertz CT molecular complexity index is 432. The molecule has 0 fully saturated rings. The summed E-state index contributed by atoms with van der Waals surface area (Å²) in [4.78, 5) is 11.7. The fourth-order valence-corrected chi connectivity index (χ4v) is 1.53. The smallest absolute Gasteiger partial charge is 0.406 e. The number of nitrogens with two attached hydrogens (primary N) is 1. The lowest BCUT2D eigenvalue weighted by Gasteiger charge is -2.12. The Kier molecular flexibility index (Phi) is 5.82. The largest absolute Gasteiger partial charge is 0.573 e. The SMILES string of the molecule is CCCCC(N)C(=O)Nc1ccc(OC(F)(F)F)cc1. The number of ether oxygens (including phenoxy) is 1. The number of rotatable bonds is 6. The van der Waals surface area contributed by atoms with Crippen molar-refractivity contribution in [3.8, 4) is 5.75 Å². The lowest BCUT2D eigenvalue weighted by Crippen LogP contribution is -2.35. The van der Waals surface area contributed by atoms with Gasteiger partial charge in [-0.15, -0.1) is 13.2 Å². The van der Waals surface area contributed by atoms with Crippen LogP contribution in [-0.4, -0.2) is 18.3 Å². The Labute approximate surface area is 115 Å². The van der Waals surface area contributed by atoms with E-state index in [-0.39, 0.29) is 11.7 Å². The maximum absolute atomic E-state index is 12.0. The number of alkyl halides is 3. The molecule has 0 aromatic heterocycles. The highest BCUT2D eigenvalue weighted by atomic mass is 19.4. The summed E-state index contributed by atoms with van der Waals surface area (Å²) in [6, 6.07) is 4.28. The number of carbonyl (C=O) groups is 1. The summed E-state index contributed by atoms with van der Waals surface area (Å²) in [5, 5.41) is 2.54. The molecule has 1 rings (SSSR count). The third-order valence-corrected chi connectivity index (χ3v) is 2.56. The van der Waals surface area contributed by atoms with Crippen LogP contribution in [0.2, 0.25) is 0 Å². The zero-order valence-electron chi connectivity index (χ0n) is 11.0. The molecule has 0 spiro atoms. The van der Waals surface area contributed by atoms with Crippen LogP contribution in [0.4, 0.5) is 18.9 Å². The van der Waals surface area contributed by atoms with Crippen molar-refractivity contribution in [1.29, 1.82) is 0 Å². The molecule has 1 atom stereocenters. The molecule has 1 aromatic carbocycles. The molecule has 1 amide bonds. The first-order valence-corrected chi connectivity index (χ1v) is 6.24. The molecule has 1 unspecified atom stereocenters. The summed E-state index contributed by atoms with van der Waals surface area (Å²) < 4.78 is 39.6. The Morgan fingerprint density at radius 2 is 1.95 bits per heavy atom. The zero-order valence-corrected chi connectivity index (χ0v) is 11.0. The van der Waals surface area contributed by atoms with E-state index in [0.717, 1.165) is 25.0 Å². The average molecular weight is 290 g/mol. The fourth-order valence-electron chi connectivity index (χ4n) is 1.53. The third kappa shape index (κ3) is 5.92. The van der Waals surface area contributed by atoms with Crippen LogP contribution in [0.1, 0.15) is 26.2 Å². The Balaban J connectivity index is 2.55. The molecule has 112 valence electrons. The Morgan fingerprint density at radius 3 is 2.45 bits per heavy atom. The van der Waals surface area contributed by atoms with Crippen molar-refractivity contribution in [3.05, 3.63) is 24.3 Å². The predicted molar refractivity (Wildman–Crippen MR) is 69.3 cm³/mol. The van der Waals surface area contributed by atoms with Crippen molar-refractivity contribution in [2.75, 3.05) is 5.32 Å². The minimum atomic E-state index is -4.73. The maximum Gasteiger partial charge on any atom is 0.573 e. The van der Waals surface area contributed by atoms with Crippen molar-refractivity contribution in [2.45, 2.75) is 38.6 Å². The summed E-state index contributed by atoms with van der Waals surface area (Å²) in [5.74, 6) is -0.700. The number of anilines is 1. The number of unbranched alkanes of at least 4 members (excludes halogenated alkanes) is 1. The number of benzene rings is 1. The van der Waals surface area contributed by atoms with Crippen LogP contribution in [-0.2, 0) is 4.79 Å². The van der Waals surface area contributed by atoms with Gasteiger partial charge in [0.15, 0.2) is 0 Å². The van der Waals surface area contributed by atoms with Gasteiger partial charge in [0, 0.05) is 5.69 Å². The highest BCUT2D eigenvalue weighted by Gasteiger charge is 2.30. The Hall–Kier alpha value is -1.76. The molecule has 1 aromatic rings. The lowest BCUT2D eigenvalue weighted by molar-refractivity contribution is -0.274. The van der Waals surface area contributed by atoms with Crippen molar-refractivity contribution in [1.82, 2.24) is 0 Å². The summed E-state index contributed by atoms with van der Waals surface area (Å²) in [6.45, 7) is 1.99. The Morgan fingerprint density at radius 1 is 1.35 bits per heavy atom. The van der Waals surface area contributed by atoms with Gasteiger partial charge in [0.05, 0.1) is 6.04 Å². The number of amides is 1. The maximum atomic E-state index is 12.0. The van der Waals surface area contributed by atoms with Crippen molar-refractivity contribution in [3.63, 3.8) is 0 Å². The molecule has 0 radical (unpaired) electrons. The summed E-state index contributed by atoms with van der Waals surface area (Å²) in [5.41, 5.74) is 6.05. The number of carbonyl (C=O) groups excluding carboxylic acids is 1. The summed E-state index contributed by atoms with van der Waals surface area (Å²) >= 11 is 0. The van der Waals surface area contributed by atoms with E-state index >= 15 is 0 Å². The van der Waals surface area contributed by atoms with Crippen molar-refractivity contribution in [2.24, 2.45) is 5.73 Å². The van der Waals surface area contributed by atoms with Gasteiger partial charge < -0.3 is 15.8 Å². The van der Waals surface area contributed by atoms with Gasteiger partial charge in [0.1, 0.15) is 5.75 Å². The quantitative estimate of drug-likeness (QED) is 0.846. The summed E-state index contributed by atoms with van der Waals surface area (Å²) in [7, 11) is 0. The normalized spacial score (nSPS) is 12.8. The molecule has 20 heavy (non-hydrogen) atoms. The van der Waals surface area contributed by atoms with E-state index in [1.54, 1.807) is 0 Å². The molecule has 0 heterocycles. The van der Waals surface area contributed by atoms with Gasteiger partial charge in [-0.1, -0.05) is 19.8 Å². The van der Waals surface area contributed by atoms with Gasteiger partial charge in [-0.25, -0.2) is 0 Å². The van der Waals surface area contributed by atoms with E-state index in [4.69, 9.17) is 5.73 Å². The second-order valence-corrected chi connectivity index (χ2v) is 4.31. The number of halogens is 3. The molecule has 3 N–H and O–H groups in total. The number of hydrogen-bond acceptors (Lipinski definition) is 3. The van der Waals surface area contributed by atoms with Crippen LogP contribution in [0.15, 0.2) is 24.3 Å². The molecular formula is C13H17F3N2O2. The van der Waals surface area contributed by atoms with E-state index in [1.807, 2.05) is 6.92 Å². The van der Waals surface area contributed by atoms with Gasteiger partial charge >= 0.3 is 6.36 Å². The second kappa shape index (κ2) is 7.14. The minimum absolute atomic E-state index is 0.342. The molecule has 0 aliphatic heterocycles. The number of nitrogens with one attached hydrogen (secondary N) is 1. The second-order valence-electron chi connectivity index (χ2n) is 4.31. The van der Waals surface area contributed by atoms with Crippen LogP contribution in [0.25, 0.3) is 0 Å². The van der Waals surface area contributed by atoms with Gasteiger partial charge in [-0.05, 0) is 30.7 Å². The third-order valence-electron chi connectivity index (χ3n) is 2.56. The first-order chi connectivity index (χ1) is 9.31. The first kappa shape index (κ1) is 16.3. The van der Waals surface area contributed by atoms with Gasteiger partial charge in [-0.3, -0.25) is 4.79 Å². The molecule has 0 saturated heterocycles. The van der Waals surface area contributed by atoms with E-state index in [2.05, 4.69) is 10.1 Å². The van der Waals surface area contributed by atoms with Crippen LogP contribution in [0.3, 0.4) is 0 Å². The van der Waals surface area contributed by atoms with Crippen LogP contribution in [0.5, 0.6) is 5.75 Å². The van der Waals surface area contributed by atoms with Crippen molar-refractivity contribution >= 4 is 11.6 Å². The molecule has 7 heteroatoms. The zero-order chi connectivity index (χ0) is 15.2. The highest BCUT2D eigenvalue weighted by molar-refractivity contribution is 5.94. The molecule has 0 aliphatic rings. The fraction of sp³-hybridized carbons (Fsp3) is 0.462. The molecule has 4 nitrogen and oxygen atoms in total. The molecule has 0 bridgehead atoms. The molecule has 0 aliphatic carbocycles. The lowest BCUT2D eigenvalue weighted by atomic mass is 10.1. The minimum Gasteiger partial charge on any atom is -0.406 e. The van der Waals surface area contributed by atoms with Crippen molar-refractivity contribution < 1.29 is 22.7 Å².